The third-order valence-corrected chi connectivity index (χ3v) is 2.00. The Morgan fingerprint density at radius 3 is 2.36 bits per heavy atom. The Kier molecular flexibility index (Phi) is 2.84. The first-order valence-corrected chi connectivity index (χ1v) is 4.01. The third kappa shape index (κ3) is 2.48. The molecule has 64 valence electrons. The van der Waals surface area contributed by atoms with Crippen molar-refractivity contribution in [3.63, 3.8) is 0 Å². The highest BCUT2D eigenvalue weighted by atomic mass is 16.2. The highest BCUT2D eigenvalue weighted by Gasteiger charge is 2.18. The molecule has 0 aliphatic heterocycles. The minimum Gasteiger partial charge on any atom is -0.351 e. The lowest BCUT2D eigenvalue weighted by Crippen LogP contribution is -2.49. The largest absolute Gasteiger partial charge is 0.351 e. The molecule has 0 spiro atoms. The van der Waals surface area contributed by atoms with E-state index < -0.39 is 6.17 Å². The van der Waals surface area contributed by atoms with E-state index in [1.54, 1.807) is 0 Å². The number of carbonyl (C=O) groups excluding carboxylic acids is 1. The lowest BCUT2D eigenvalue weighted by molar-refractivity contribution is -0.122. The SMILES string of the molecule is NC(N)C(=O)NC1CCCC1. The molecule has 0 radical (unpaired) electrons. The Hall–Kier alpha value is -0.610. The summed E-state index contributed by atoms with van der Waals surface area (Å²) in [5, 5.41) is 2.79. The van der Waals surface area contributed by atoms with Gasteiger partial charge in [-0.15, -0.1) is 0 Å². The zero-order valence-corrected chi connectivity index (χ0v) is 6.55. The summed E-state index contributed by atoms with van der Waals surface area (Å²) in [6, 6.07) is 0.317. The summed E-state index contributed by atoms with van der Waals surface area (Å²) in [7, 11) is 0. The van der Waals surface area contributed by atoms with Crippen LogP contribution in [0, 0.1) is 0 Å². The highest BCUT2D eigenvalue weighted by molar-refractivity contribution is 5.81. The monoisotopic (exact) mass is 157 g/mol. The zero-order valence-electron chi connectivity index (χ0n) is 6.55. The van der Waals surface area contributed by atoms with E-state index in [2.05, 4.69) is 5.32 Å². The summed E-state index contributed by atoms with van der Waals surface area (Å²) < 4.78 is 0. The van der Waals surface area contributed by atoms with Crippen LogP contribution in [0.5, 0.6) is 0 Å². The molecule has 0 unspecified atom stereocenters. The maximum atomic E-state index is 10.9. The topological polar surface area (TPSA) is 81.1 Å². The van der Waals surface area contributed by atoms with Gasteiger partial charge in [0.15, 0.2) is 0 Å². The molecule has 1 amide bonds. The summed E-state index contributed by atoms with van der Waals surface area (Å²) in [6.45, 7) is 0. The van der Waals surface area contributed by atoms with Gasteiger partial charge in [-0.25, -0.2) is 0 Å². The fraction of sp³-hybridized carbons (Fsp3) is 0.857. The van der Waals surface area contributed by atoms with E-state index >= 15 is 0 Å². The van der Waals surface area contributed by atoms with Crippen LogP contribution >= 0.6 is 0 Å². The fourth-order valence-electron chi connectivity index (χ4n) is 1.37. The van der Waals surface area contributed by atoms with Gasteiger partial charge in [0.1, 0.15) is 6.17 Å². The van der Waals surface area contributed by atoms with Gasteiger partial charge in [0.25, 0.3) is 5.91 Å². The van der Waals surface area contributed by atoms with Gasteiger partial charge >= 0.3 is 0 Å². The predicted octanol–water partition coefficient (Wildman–Crippen LogP) is -0.711. The van der Waals surface area contributed by atoms with Crippen LogP contribution in [0.15, 0.2) is 0 Å². The summed E-state index contributed by atoms with van der Waals surface area (Å²) in [5.41, 5.74) is 10.4. The van der Waals surface area contributed by atoms with E-state index in [9.17, 15) is 4.79 Å². The quantitative estimate of drug-likeness (QED) is 0.463. The van der Waals surface area contributed by atoms with Gasteiger partial charge in [0.2, 0.25) is 0 Å². The first kappa shape index (κ1) is 8.49. The normalized spacial score (nSPS) is 19.2. The molecule has 0 atom stereocenters. The van der Waals surface area contributed by atoms with Crippen LogP contribution < -0.4 is 16.8 Å². The minimum absolute atomic E-state index is 0.239. The molecule has 0 aromatic carbocycles. The van der Waals surface area contributed by atoms with Gasteiger partial charge in [0.05, 0.1) is 0 Å². The van der Waals surface area contributed by atoms with E-state index in [4.69, 9.17) is 11.5 Å². The number of amides is 1. The van der Waals surface area contributed by atoms with Crippen LogP contribution in [0.4, 0.5) is 0 Å². The molecule has 1 saturated carbocycles. The van der Waals surface area contributed by atoms with Gasteiger partial charge in [0, 0.05) is 6.04 Å². The molecule has 4 heteroatoms. The molecule has 0 heterocycles. The average Bonchev–Trinajstić information content (AvgIpc) is 2.39. The van der Waals surface area contributed by atoms with Crippen molar-refractivity contribution in [3.8, 4) is 0 Å². The number of nitrogens with two attached hydrogens (primary N) is 2. The van der Waals surface area contributed by atoms with Crippen LogP contribution in [0.25, 0.3) is 0 Å². The molecule has 1 aliphatic carbocycles. The van der Waals surface area contributed by atoms with Gasteiger partial charge in [-0.2, -0.15) is 0 Å². The lowest BCUT2D eigenvalue weighted by Gasteiger charge is -2.13. The molecule has 0 saturated heterocycles. The molecular weight excluding hydrogens is 142 g/mol. The van der Waals surface area contributed by atoms with Gasteiger partial charge in [-0.05, 0) is 12.8 Å². The Labute approximate surface area is 66.3 Å². The molecular formula is C7H15N3O. The lowest BCUT2D eigenvalue weighted by atomic mass is 10.2. The van der Waals surface area contributed by atoms with Crippen molar-refractivity contribution in [2.45, 2.75) is 37.9 Å². The molecule has 5 N–H and O–H groups in total. The third-order valence-electron chi connectivity index (χ3n) is 2.00. The smallest absolute Gasteiger partial charge is 0.251 e. The number of rotatable bonds is 2. The number of nitrogens with one attached hydrogen (secondary N) is 1. The second-order valence-corrected chi connectivity index (χ2v) is 3.02. The number of hydrogen-bond acceptors (Lipinski definition) is 3. The maximum Gasteiger partial charge on any atom is 0.251 e. The van der Waals surface area contributed by atoms with Crippen molar-refractivity contribution in [3.05, 3.63) is 0 Å². The standard InChI is InChI=1S/C7H15N3O/c8-6(9)7(11)10-5-3-1-2-4-5/h5-6H,1-4,8-9H2,(H,10,11). The zero-order chi connectivity index (χ0) is 8.27. The fourth-order valence-corrected chi connectivity index (χ4v) is 1.37. The predicted molar refractivity (Wildman–Crippen MR) is 42.6 cm³/mol. The van der Waals surface area contributed by atoms with Crippen LogP contribution in [0.3, 0.4) is 0 Å². The van der Waals surface area contributed by atoms with Gasteiger partial charge < -0.3 is 16.8 Å². The van der Waals surface area contributed by atoms with Crippen molar-refractivity contribution in [1.29, 1.82) is 0 Å². The van der Waals surface area contributed by atoms with Crippen LogP contribution in [0.2, 0.25) is 0 Å². The molecule has 11 heavy (non-hydrogen) atoms. The molecule has 4 nitrogen and oxygen atoms in total. The van der Waals surface area contributed by atoms with Crippen LogP contribution in [-0.4, -0.2) is 18.1 Å². The van der Waals surface area contributed by atoms with E-state index in [0.29, 0.717) is 6.04 Å². The molecule has 0 aromatic rings. The summed E-state index contributed by atoms with van der Waals surface area (Å²) in [5.74, 6) is -0.239. The first-order chi connectivity index (χ1) is 5.20. The van der Waals surface area contributed by atoms with Gasteiger partial charge in [-0.3, -0.25) is 4.79 Å². The molecule has 1 fully saturated rings. The summed E-state index contributed by atoms with van der Waals surface area (Å²) in [6.07, 6.45) is 3.67. The van der Waals surface area contributed by atoms with E-state index in [1.165, 1.54) is 12.8 Å². The number of hydrogen-bond donors (Lipinski definition) is 3. The second-order valence-electron chi connectivity index (χ2n) is 3.02. The molecule has 1 aliphatic rings. The van der Waals surface area contributed by atoms with Crippen molar-refractivity contribution in [2.75, 3.05) is 0 Å². The Balaban J connectivity index is 2.24. The maximum absolute atomic E-state index is 10.9. The second kappa shape index (κ2) is 3.69. The Morgan fingerprint density at radius 2 is 1.91 bits per heavy atom. The first-order valence-electron chi connectivity index (χ1n) is 4.01. The summed E-state index contributed by atoms with van der Waals surface area (Å²) >= 11 is 0. The van der Waals surface area contributed by atoms with Crippen molar-refractivity contribution in [1.82, 2.24) is 5.32 Å². The van der Waals surface area contributed by atoms with Crippen LogP contribution in [0.1, 0.15) is 25.7 Å². The van der Waals surface area contributed by atoms with E-state index in [1.807, 2.05) is 0 Å². The Morgan fingerprint density at radius 1 is 1.36 bits per heavy atom. The van der Waals surface area contributed by atoms with Crippen LogP contribution in [-0.2, 0) is 4.79 Å². The van der Waals surface area contributed by atoms with Crippen molar-refractivity contribution in [2.24, 2.45) is 11.5 Å². The number of carbonyl (C=O) groups is 1. The Bertz CT molecular complexity index is 141. The van der Waals surface area contributed by atoms with Gasteiger partial charge in [-0.1, -0.05) is 12.8 Å². The molecule has 0 bridgehead atoms. The minimum atomic E-state index is -0.865. The molecule has 1 rings (SSSR count). The average molecular weight is 157 g/mol. The highest BCUT2D eigenvalue weighted by Crippen LogP contribution is 2.17. The van der Waals surface area contributed by atoms with Crippen molar-refractivity contribution < 1.29 is 4.79 Å². The molecule has 0 aromatic heterocycles. The van der Waals surface area contributed by atoms with E-state index in [-0.39, 0.29) is 5.91 Å². The van der Waals surface area contributed by atoms with E-state index in [0.717, 1.165) is 12.8 Å². The van der Waals surface area contributed by atoms with Crippen molar-refractivity contribution >= 4 is 5.91 Å². The summed E-state index contributed by atoms with van der Waals surface area (Å²) in [4.78, 5) is 10.9.